The SMILES string of the molecule is Cc1cnc(N)c(C(N)c2nccn2C)c1. The molecule has 0 aliphatic heterocycles. The van der Waals surface area contributed by atoms with E-state index in [9.17, 15) is 0 Å². The highest BCUT2D eigenvalue weighted by atomic mass is 15.1. The number of pyridine rings is 1. The smallest absolute Gasteiger partial charge is 0.130 e. The third kappa shape index (κ3) is 1.77. The standard InChI is InChI=1S/C11H15N5/c1-7-5-8(10(13)15-6-7)9(12)11-14-3-4-16(11)2/h3-6,9H,12H2,1-2H3,(H2,13,15). The lowest BCUT2D eigenvalue weighted by atomic mass is 10.1. The molecule has 0 bridgehead atoms. The normalized spacial score (nSPS) is 12.7. The van der Waals surface area contributed by atoms with Crippen LogP contribution in [0.1, 0.15) is 23.0 Å². The molecule has 16 heavy (non-hydrogen) atoms. The second-order valence-electron chi connectivity index (χ2n) is 3.86. The fourth-order valence-electron chi connectivity index (χ4n) is 1.67. The Labute approximate surface area is 94.1 Å². The Bertz CT molecular complexity index is 503. The number of rotatable bonds is 2. The zero-order chi connectivity index (χ0) is 11.7. The van der Waals surface area contributed by atoms with E-state index in [-0.39, 0.29) is 6.04 Å². The highest BCUT2D eigenvalue weighted by molar-refractivity contribution is 5.45. The van der Waals surface area contributed by atoms with Crippen LogP contribution in [-0.2, 0) is 7.05 Å². The summed E-state index contributed by atoms with van der Waals surface area (Å²) >= 11 is 0. The Morgan fingerprint density at radius 1 is 1.38 bits per heavy atom. The van der Waals surface area contributed by atoms with E-state index >= 15 is 0 Å². The molecule has 84 valence electrons. The summed E-state index contributed by atoms with van der Waals surface area (Å²) in [5, 5.41) is 0. The summed E-state index contributed by atoms with van der Waals surface area (Å²) in [7, 11) is 1.90. The van der Waals surface area contributed by atoms with E-state index in [1.807, 2.05) is 30.8 Å². The molecule has 0 amide bonds. The van der Waals surface area contributed by atoms with Gasteiger partial charge in [-0.05, 0) is 18.6 Å². The second-order valence-corrected chi connectivity index (χ2v) is 3.86. The highest BCUT2D eigenvalue weighted by Gasteiger charge is 2.16. The van der Waals surface area contributed by atoms with Gasteiger partial charge in [0.25, 0.3) is 0 Å². The van der Waals surface area contributed by atoms with Crippen LogP contribution in [0.5, 0.6) is 0 Å². The molecule has 2 heterocycles. The first kappa shape index (κ1) is 10.6. The minimum Gasteiger partial charge on any atom is -0.383 e. The molecule has 0 aliphatic rings. The molecule has 0 aromatic carbocycles. The van der Waals surface area contributed by atoms with Crippen molar-refractivity contribution in [1.82, 2.24) is 14.5 Å². The molecule has 0 saturated heterocycles. The van der Waals surface area contributed by atoms with Crippen LogP contribution >= 0.6 is 0 Å². The molecule has 2 aromatic rings. The lowest BCUT2D eigenvalue weighted by molar-refractivity contribution is 0.716. The van der Waals surface area contributed by atoms with Crippen molar-refractivity contribution in [3.05, 3.63) is 41.6 Å². The third-order valence-electron chi connectivity index (χ3n) is 2.56. The second kappa shape index (κ2) is 3.94. The predicted molar refractivity (Wildman–Crippen MR) is 62.6 cm³/mol. The van der Waals surface area contributed by atoms with E-state index < -0.39 is 0 Å². The summed E-state index contributed by atoms with van der Waals surface area (Å²) in [5.74, 6) is 1.24. The first-order valence-corrected chi connectivity index (χ1v) is 5.04. The van der Waals surface area contributed by atoms with E-state index in [1.54, 1.807) is 12.4 Å². The van der Waals surface area contributed by atoms with Gasteiger partial charge in [-0.1, -0.05) is 0 Å². The van der Waals surface area contributed by atoms with Gasteiger partial charge < -0.3 is 16.0 Å². The number of hydrogen-bond donors (Lipinski definition) is 2. The Morgan fingerprint density at radius 3 is 2.75 bits per heavy atom. The molecule has 0 saturated carbocycles. The van der Waals surface area contributed by atoms with Gasteiger partial charge in [0.1, 0.15) is 11.6 Å². The van der Waals surface area contributed by atoms with Gasteiger partial charge in [0.15, 0.2) is 0 Å². The molecule has 1 unspecified atom stereocenters. The molecule has 0 fully saturated rings. The van der Waals surface area contributed by atoms with Crippen molar-refractivity contribution in [1.29, 1.82) is 0 Å². The van der Waals surface area contributed by atoms with Crippen LogP contribution in [-0.4, -0.2) is 14.5 Å². The lowest BCUT2D eigenvalue weighted by Crippen LogP contribution is -2.18. The number of anilines is 1. The Balaban J connectivity index is 2.45. The Morgan fingerprint density at radius 2 is 2.12 bits per heavy atom. The minimum atomic E-state index is -0.340. The molecule has 5 heteroatoms. The van der Waals surface area contributed by atoms with E-state index in [1.165, 1.54) is 0 Å². The first-order chi connectivity index (χ1) is 7.59. The number of nitrogens with two attached hydrogens (primary N) is 2. The fourth-order valence-corrected chi connectivity index (χ4v) is 1.67. The van der Waals surface area contributed by atoms with Crippen LogP contribution in [0.15, 0.2) is 24.7 Å². The van der Waals surface area contributed by atoms with Gasteiger partial charge in [0.05, 0.1) is 6.04 Å². The average molecular weight is 217 g/mol. The van der Waals surface area contributed by atoms with Crippen LogP contribution in [0.4, 0.5) is 5.82 Å². The average Bonchev–Trinajstić information content (AvgIpc) is 2.67. The molecule has 0 aliphatic carbocycles. The van der Waals surface area contributed by atoms with E-state index in [2.05, 4.69) is 9.97 Å². The summed E-state index contributed by atoms with van der Waals surface area (Å²) in [4.78, 5) is 8.32. The fraction of sp³-hybridized carbons (Fsp3) is 0.273. The van der Waals surface area contributed by atoms with Gasteiger partial charge in [-0.2, -0.15) is 0 Å². The number of imidazole rings is 1. The van der Waals surface area contributed by atoms with Crippen LogP contribution in [0.3, 0.4) is 0 Å². The number of nitrogen functional groups attached to an aromatic ring is 1. The van der Waals surface area contributed by atoms with Crippen LogP contribution in [0.2, 0.25) is 0 Å². The summed E-state index contributed by atoms with van der Waals surface area (Å²) in [5.41, 5.74) is 13.8. The van der Waals surface area contributed by atoms with Crippen molar-refractivity contribution in [2.75, 3.05) is 5.73 Å². The van der Waals surface area contributed by atoms with Gasteiger partial charge in [-0.25, -0.2) is 9.97 Å². The van der Waals surface area contributed by atoms with Crippen LogP contribution < -0.4 is 11.5 Å². The van der Waals surface area contributed by atoms with Gasteiger partial charge >= 0.3 is 0 Å². The van der Waals surface area contributed by atoms with Crippen molar-refractivity contribution in [2.24, 2.45) is 12.8 Å². The van der Waals surface area contributed by atoms with Crippen LogP contribution in [0, 0.1) is 6.92 Å². The summed E-state index contributed by atoms with van der Waals surface area (Å²) < 4.78 is 1.88. The highest BCUT2D eigenvalue weighted by Crippen LogP contribution is 2.22. The van der Waals surface area contributed by atoms with Crippen molar-refractivity contribution < 1.29 is 0 Å². The monoisotopic (exact) mass is 217 g/mol. The van der Waals surface area contributed by atoms with Gasteiger partial charge in [0.2, 0.25) is 0 Å². The Hall–Kier alpha value is -1.88. The largest absolute Gasteiger partial charge is 0.383 e. The van der Waals surface area contributed by atoms with Crippen molar-refractivity contribution in [3.8, 4) is 0 Å². The maximum atomic E-state index is 6.13. The maximum absolute atomic E-state index is 6.13. The summed E-state index contributed by atoms with van der Waals surface area (Å²) in [6, 6.07) is 1.61. The number of aryl methyl sites for hydroxylation is 2. The quantitative estimate of drug-likeness (QED) is 0.777. The van der Waals surface area contributed by atoms with Gasteiger partial charge in [-0.15, -0.1) is 0 Å². The maximum Gasteiger partial charge on any atom is 0.130 e. The van der Waals surface area contributed by atoms with Crippen molar-refractivity contribution in [3.63, 3.8) is 0 Å². The predicted octanol–water partition coefficient (Wildman–Crippen LogP) is 0.754. The molecule has 2 aromatic heterocycles. The molecule has 5 nitrogen and oxygen atoms in total. The molecular formula is C11H15N5. The van der Waals surface area contributed by atoms with Gasteiger partial charge in [-0.3, -0.25) is 0 Å². The van der Waals surface area contributed by atoms with E-state index in [0.29, 0.717) is 5.82 Å². The third-order valence-corrected chi connectivity index (χ3v) is 2.56. The van der Waals surface area contributed by atoms with Crippen molar-refractivity contribution >= 4 is 5.82 Å². The summed E-state index contributed by atoms with van der Waals surface area (Å²) in [6.07, 6.45) is 5.30. The number of hydrogen-bond acceptors (Lipinski definition) is 4. The molecule has 4 N–H and O–H groups in total. The lowest BCUT2D eigenvalue weighted by Gasteiger charge is -2.14. The topological polar surface area (TPSA) is 82.8 Å². The molecule has 1 atom stereocenters. The zero-order valence-electron chi connectivity index (χ0n) is 9.38. The van der Waals surface area contributed by atoms with Crippen molar-refractivity contribution in [2.45, 2.75) is 13.0 Å². The number of nitrogens with zero attached hydrogens (tertiary/aromatic N) is 3. The van der Waals surface area contributed by atoms with Gasteiger partial charge in [0, 0.05) is 31.2 Å². The molecular weight excluding hydrogens is 202 g/mol. The van der Waals surface area contributed by atoms with E-state index in [4.69, 9.17) is 11.5 Å². The molecule has 0 spiro atoms. The van der Waals surface area contributed by atoms with E-state index in [0.717, 1.165) is 17.0 Å². The number of aromatic nitrogens is 3. The van der Waals surface area contributed by atoms with Crippen LogP contribution in [0.25, 0.3) is 0 Å². The first-order valence-electron chi connectivity index (χ1n) is 5.04. The molecule has 0 radical (unpaired) electrons. The minimum absolute atomic E-state index is 0.340. The Kier molecular flexibility index (Phi) is 2.62. The zero-order valence-corrected chi connectivity index (χ0v) is 9.38. The molecule has 2 rings (SSSR count). The summed E-state index contributed by atoms with van der Waals surface area (Å²) in [6.45, 7) is 1.96.